The molecule has 0 saturated carbocycles. The van der Waals surface area contributed by atoms with Crippen LogP contribution in [-0.4, -0.2) is 55.3 Å². The molecule has 1 N–H and O–H groups in total. The van der Waals surface area contributed by atoms with Gasteiger partial charge >= 0.3 is 0 Å². The van der Waals surface area contributed by atoms with Gasteiger partial charge < -0.3 is 14.6 Å². The third-order valence-corrected chi connectivity index (χ3v) is 4.26. The maximum Gasteiger partial charge on any atom is 0.160 e. The Bertz CT molecular complexity index is 577. The average molecular weight is 301 g/mol. The van der Waals surface area contributed by atoms with E-state index >= 15 is 0 Å². The molecule has 1 unspecified atom stereocenters. The largest absolute Gasteiger partial charge is 0.390 e. The molecule has 0 spiro atoms. The van der Waals surface area contributed by atoms with Gasteiger partial charge in [-0.15, -0.1) is 0 Å². The van der Waals surface area contributed by atoms with Crippen molar-refractivity contribution >= 4 is 0 Å². The lowest BCUT2D eigenvalue weighted by atomic mass is 9.99. The summed E-state index contributed by atoms with van der Waals surface area (Å²) in [6.07, 6.45) is 10.6. The number of imidazole rings is 1. The molecule has 22 heavy (non-hydrogen) atoms. The molecule has 0 radical (unpaired) electrons. The van der Waals surface area contributed by atoms with Gasteiger partial charge in [0.1, 0.15) is 5.69 Å². The summed E-state index contributed by atoms with van der Waals surface area (Å²) in [7, 11) is 0. The molecule has 0 aliphatic carbocycles. The number of nitrogens with zero attached hydrogens (tertiary/aromatic N) is 5. The van der Waals surface area contributed by atoms with Gasteiger partial charge in [0.05, 0.1) is 18.8 Å². The zero-order valence-electron chi connectivity index (χ0n) is 13.0. The summed E-state index contributed by atoms with van der Waals surface area (Å²) in [5, 5.41) is 10.4. The van der Waals surface area contributed by atoms with Crippen molar-refractivity contribution in [3.05, 3.63) is 31.0 Å². The Kier molecular flexibility index (Phi) is 4.80. The van der Waals surface area contributed by atoms with Crippen LogP contribution in [0.3, 0.4) is 0 Å². The second-order valence-corrected chi connectivity index (χ2v) is 6.13. The summed E-state index contributed by atoms with van der Waals surface area (Å²) in [6.45, 7) is 5.70. The maximum absolute atomic E-state index is 10.4. The van der Waals surface area contributed by atoms with E-state index in [0.717, 1.165) is 30.5 Å². The van der Waals surface area contributed by atoms with E-state index in [1.54, 1.807) is 24.8 Å². The van der Waals surface area contributed by atoms with E-state index in [1.165, 1.54) is 12.8 Å². The van der Waals surface area contributed by atoms with Crippen LogP contribution in [-0.2, 0) is 6.54 Å². The molecule has 1 aliphatic rings. The Hall–Kier alpha value is -1.79. The Balaban J connectivity index is 1.60. The van der Waals surface area contributed by atoms with Crippen LogP contribution in [0.5, 0.6) is 0 Å². The Morgan fingerprint density at radius 1 is 1.18 bits per heavy atom. The fraction of sp³-hybridized carbons (Fsp3) is 0.562. The lowest BCUT2D eigenvalue weighted by molar-refractivity contribution is 0.0804. The first-order valence-corrected chi connectivity index (χ1v) is 7.90. The predicted octanol–water partition coefficient (Wildman–Crippen LogP) is 1.43. The van der Waals surface area contributed by atoms with Crippen molar-refractivity contribution in [1.82, 2.24) is 24.4 Å². The number of likely N-dealkylation sites (tertiary alicyclic amines) is 1. The highest BCUT2D eigenvalue weighted by Crippen LogP contribution is 2.17. The van der Waals surface area contributed by atoms with Crippen molar-refractivity contribution < 1.29 is 5.11 Å². The van der Waals surface area contributed by atoms with Crippen molar-refractivity contribution in [2.75, 3.05) is 19.6 Å². The highest BCUT2D eigenvalue weighted by Gasteiger charge is 2.19. The van der Waals surface area contributed by atoms with Crippen molar-refractivity contribution in [3.8, 4) is 11.5 Å². The number of aromatic nitrogens is 4. The molecular formula is C16H23N5O. The normalized spacial score (nSPS) is 18.5. The molecule has 1 fully saturated rings. The minimum Gasteiger partial charge on any atom is -0.390 e. The van der Waals surface area contributed by atoms with E-state index in [2.05, 4.69) is 26.8 Å². The fourth-order valence-electron chi connectivity index (χ4n) is 2.93. The van der Waals surface area contributed by atoms with Gasteiger partial charge in [0.2, 0.25) is 0 Å². The van der Waals surface area contributed by atoms with E-state index in [1.807, 2.05) is 10.8 Å². The number of hydrogen-bond donors (Lipinski definition) is 1. The molecule has 1 saturated heterocycles. The Labute approximate surface area is 130 Å². The van der Waals surface area contributed by atoms with Gasteiger partial charge in [0, 0.05) is 31.3 Å². The van der Waals surface area contributed by atoms with E-state index in [-0.39, 0.29) is 0 Å². The molecule has 3 heterocycles. The molecule has 6 heteroatoms. The highest BCUT2D eigenvalue weighted by molar-refractivity contribution is 5.47. The van der Waals surface area contributed by atoms with E-state index < -0.39 is 6.10 Å². The standard InChI is InChI=1S/C16H23N5O/c1-13-2-7-20(8-3-13)11-14(22)12-21-9-6-19-16(21)15-10-17-4-5-18-15/h4-6,9-10,13-14,22H,2-3,7-8,11-12H2,1H3. The molecule has 118 valence electrons. The second kappa shape index (κ2) is 6.98. The van der Waals surface area contributed by atoms with Gasteiger partial charge in [-0.2, -0.15) is 0 Å². The predicted molar refractivity (Wildman–Crippen MR) is 84.1 cm³/mol. The average Bonchev–Trinajstić information content (AvgIpc) is 2.98. The van der Waals surface area contributed by atoms with Crippen LogP contribution in [0, 0.1) is 5.92 Å². The van der Waals surface area contributed by atoms with Gasteiger partial charge in [-0.05, 0) is 31.8 Å². The zero-order chi connectivity index (χ0) is 15.4. The Morgan fingerprint density at radius 3 is 2.73 bits per heavy atom. The first kappa shape index (κ1) is 15.1. The van der Waals surface area contributed by atoms with E-state index in [4.69, 9.17) is 0 Å². The molecule has 6 nitrogen and oxygen atoms in total. The molecule has 3 rings (SSSR count). The van der Waals surface area contributed by atoms with Crippen LogP contribution in [0.25, 0.3) is 11.5 Å². The molecule has 0 bridgehead atoms. The monoisotopic (exact) mass is 301 g/mol. The number of rotatable bonds is 5. The van der Waals surface area contributed by atoms with Crippen molar-refractivity contribution in [2.45, 2.75) is 32.4 Å². The summed E-state index contributed by atoms with van der Waals surface area (Å²) < 4.78 is 1.95. The van der Waals surface area contributed by atoms with E-state index in [0.29, 0.717) is 13.1 Å². The van der Waals surface area contributed by atoms with Crippen molar-refractivity contribution in [1.29, 1.82) is 0 Å². The number of β-amino-alcohol motifs (C(OH)–C–C–N with tert-alkyl or cyclic N) is 1. The summed E-state index contributed by atoms with van der Waals surface area (Å²) in [5.74, 6) is 1.56. The number of aliphatic hydroxyl groups is 1. The molecule has 1 aliphatic heterocycles. The van der Waals surface area contributed by atoms with E-state index in [9.17, 15) is 5.11 Å². The summed E-state index contributed by atoms with van der Waals surface area (Å²) >= 11 is 0. The first-order valence-electron chi connectivity index (χ1n) is 7.90. The van der Waals surface area contributed by atoms with Gasteiger partial charge in [0.15, 0.2) is 5.82 Å². The number of aliphatic hydroxyl groups excluding tert-OH is 1. The first-order chi connectivity index (χ1) is 10.7. The van der Waals surface area contributed by atoms with Crippen LogP contribution >= 0.6 is 0 Å². The van der Waals surface area contributed by atoms with Crippen LogP contribution < -0.4 is 0 Å². The Morgan fingerprint density at radius 2 is 2.00 bits per heavy atom. The molecule has 0 aromatic carbocycles. The molecule has 0 amide bonds. The second-order valence-electron chi connectivity index (χ2n) is 6.13. The summed E-state index contributed by atoms with van der Waals surface area (Å²) in [5.41, 5.74) is 0.728. The van der Waals surface area contributed by atoms with Crippen molar-refractivity contribution in [3.63, 3.8) is 0 Å². The van der Waals surface area contributed by atoms with Crippen LogP contribution in [0.1, 0.15) is 19.8 Å². The quantitative estimate of drug-likeness (QED) is 0.905. The van der Waals surface area contributed by atoms with Crippen LogP contribution in [0.2, 0.25) is 0 Å². The molecule has 2 aromatic rings. The minimum absolute atomic E-state index is 0.405. The summed E-state index contributed by atoms with van der Waals surface area (Å²) in [4.78, 5) is 15.0. The van der Waals surface area contributed by atoms with Gasteiger partial charge in [0.25, 0.3) is 0 Å². The van der Waals surface area contributed by atoms with Gasteiger partial charge in [-0.25, -0.2) is 9.97 Å². The fourth-order valence-corrected chi connectivity index (χ4v) is 2.93. The minimum atomic E-state index is -0.405. The molecule has 2 aromatic heterocycles. The number of hydrogen-bond acceptors (Lipinski definition) is 5. The smallest absolute Gasteiger partial charge is 0.160 e. The lowest BCUT2D eigenvalue weighted by Crippen LogP contribution is -2.39. The molecule has 1 atom stereocenters. The topological polar surface area (TPSA) is 67.1 Å². The van der Waals surface area contributed by atoms with Gasteiger partial charge in [-0.3, -0.25) is 4.98 Å². The third-order valence-electron chi connectivity index (χ3n) is 4.26. The lowest BCUT2D eigenvalue weighted by Gasteiger charge is -2.31. The van der Waals surface area contributed by atoms with Crippen molar-refractivity contribution in [2.24, 2.45) is 5.92 Å². The zero-order valence-corrected chi connectivity index (χ0v) is 13.0. The number of piperidine rings is 1. The maximum atomic E-state index is 10.4. The highest BCUT2D eigenvalue weighted by atomic mass is 16.3. The summed E-state index contributed by atoms with van der Waals surface area (Å²) in [6, 6.07) is 0. The SMILES string of the molecule is CC1CCN(CC(O)Cn2ccnc2-c2cnccn2)CC1. The molecular weight excluding hydrogens is 278 g/mol. The van der Waals surface area contributed by atoms with Gasteiger partial charge in [-0.1, -0.05) is 6.92 Å². The third kappa shape index (κ3) is 3.69. The van der Waals surface area contributed by atoms with Crippen LogP contribution in [0.4, 0.5) is 0 Å². The van der Waals surface area contributed by atoms with Crippen LogP contribution in [0.15, 0.2) is 31.0 Å².